The van der Waals surface area contributed by atoms with Gasteiger partial charge in [-0.05, 0) is 30.3 Å². The van der Waals surface area contributed by atoms with Crippen LogP contribution < -0.4 is 5.32 Å². The molecule has 66 valence electrons. The molecule has 0 bridgehead atoms. The Morgan fingerprint density at radius 3 is 2.67 bits per heavy atom. The van der Waals surface area contributed by atoms with Gasteiger partial charge in [-0.2, -0.15) is 0 Å². The summed E-state index contributed by atoms with van der Waals surface area (Å²) in [6, 6.07) is 4.95. The van der Waals surface area contributed by atoms with Gasteiger partial charge in [0.2, 0.25) is 0 Å². The maximum Gasteiger partial charge on any atom is 0.115 e. The van der Waals surface area contributed by atoms with Gasteiger partial charge in [0, 0.05) is 6.54 Å². The van der Waals surface area contributed by atoms with Crippen molar-refractivity contribution < 1.29 is 10.2 Å². The van der Waals surface area contributed by atoms with Crippen LogP contribution in [0.5, 0.6) is 5.75 Å². The normalized spacial score (nSPS) is 10.2. The van der Waals surface area contributed by atoms with Crippen molar-refractivity contribution in [2.24, 2.45) is 0 Å². The largest absolute Gasteiger partial charge is 0.508 e. The van der Waals surface area contributed by atoms with Gasteiger partial charge in [-0.25, -0.2) is 0 Å². The van der Waals surface area contributed by atoms with Gasteiger partial charge in [0.05, 0.1) is 6.61 Å². The molecule has 0 atom stereocenters. The third-order valence-corrected chi connectivity index (χ3v) is 1.73. The van der Waals surface area contributed by atoms with E-state index in [4.69, 9.17) is 10.2 Å². The molecule has 0 aromatic heterocycles. The molecule has 0 saturated carbocycles. The maximum absolute atomic E-state index is 9.15. The van der Waals surface area contributed by atoms with Crippen molar-refractivity contribution in [3.05, 3.63) is 29.3 Å². The molecule has 0 saturated heterocycles. The summed E-state index contributed by atoms with van der Waals surface area (Å²) in [6.45, 7) is 0.668. The first-order chi connectivity index (χ1) is 5.77. The Kier molecular flexibility index (Phi) is 3.08. The number of phenolic OH excluding ortho intramolecular Hbond substituents is 1. The lowest BCUT2D eigenvalue weighted by Gasteiger charge is -2.06. The van der Waals surface area contributed by atoms with Crippen LogP contribution in [0.15, 0.2) is 18.2 Å². The van der Waals surface area contributed by atoms with Crippen molar-refractivity contribution in [3.8, 4) is 5.75 Å². The van der Waals surface area contributed by atoms with Gasteiger partial charge in [0.1, 0.15) is 5.75 Å². The van der Waals surface area contributed by atoms with Crippen LogP contribution in [-0.4, -0.2) is 17.3 Å². The van der Waals surface area contributed by atoms with E-state index in [-0.39, 0.29) is 12.4 Å². The zero-order chi connectivity index (χ0) is 8.97. The third-order valence-electron chi connectivity index (χ3n) is 1.73. The van der Waals surface area contributed by atoms with Crippen molar-refractivity contribution in [2.75, 3.05) is 7.05 Å². The number of nitrogens with one attached hydrogen (secondary N) is 1. The number of rotatable bonds is 3. The van der Waals surface area contributed by atoms with E-state index < -0.39 is 0 Å². The van der Waals surface area contributed by atoms with Crippen LogP contribution in [0.4, 0.5) is 0 Å². The lowest BCUT2D eigenvalue weighted by molar-refractivity contribution is 0.280. The number of benzene rings is 1. The molecule has 3 N–H and O–H groups in total. The average Bonchev–Trinajstić information content (AvgIpc) is 2.05. The fourth-order valence-corrected chi connectivity index (χ4v) is 1.12. The molecule has 0 unspecified atom stereocenters. The molecule has 0 aliphatic heterocycles. The van der Waals surface area contributed by atoms with Crippen molar-refractivity contribution in [1.82, 2.24) is 5.32 Å². The first kappa shape index (κ1) is 9.03. The minimum atomic E-state index is 0.0112. The van der Waals surface area contributed by atoms with Crippen LogP contribution in [0.2, 0.25) is 0 Å². The molecule has 0 amide bonds. The molecule has 0 fully saturated rings. The average molecular weight is 167 g/mol. The van der Waals surface area contributed by atoms with Crippen LogP contribution in [0, 0.1) is 0 Å². The zero-order valence-electron chi connectivity index (χ0n) is 7.04. The van der Waals surface area contributed by atoms with Crippen LogP contribution in [0.3, 0.4) is 0 Å². The van der Waals surface area contributed by atoms with Gasteiger partial charge >= 0.3 is 0 Å². The highest BCUT2D eigenvalue weighted by Crippen LogP contribution is 2.16. The van der Waals surface area contributed by atoms with Crippen molar-refractivity contribution in [1.29, 1.82) is 0 Å². The van der Waals surface area contributed by atoms with Gasteiger partial charge in [0.15, 0.2) is 0 Å². The first-order valence-electron chi connectivity index (χ1n) is 3.84. The van der Waals surface area contributed by atoms with Crippen LogP contribution in [0.25, 0.3) is 0 Å². The highest BCUT2D eigenvalue weighted by molar-refractivity contribution is 5.34. The van der Waals surface area contributed by atoms with E-state index >= 15 is 0 Å². The number of aliphatic hydroxyl groups excluding tert-OH is 1. The summed E-state index contributed by atoms with van der Waals surface area (Å²) in [6.07, 6.45) is 0. The van der Waals surface area contributed by atoms with Gasteiger partial charge in [-0.3, -0.25) is 0 Å². The summed E-state index contributed by atoms with van der Waals surface area (Å²) in [5.41, 5.74) is 1.78. The summed E-state index contributed by atoms with van der Waals surface area (Å²) >= 11 is 0. The van der Waals surface area contributed by atoms with Crippen LogP contribution in [-0.2, 0) is 13.2 Å². The molecular weight excluding hydrogens is 154 g/mol. The Morgan fingerprint density at radius 1 is 1.33 bits per heavy atom. The Balaban J connectivity index is 2.95. The van der Waals surface area contributed by atoms with Crippen LogP contribution >= 0.6 is 0 Å². The summed E-state index contributed by atoms with van der Waals surface area (Å²) in [4.78, 5) is 0. The predicted molar refractivity (Wildman–Crippen MR) is 46.8 cm³/mol. The Morgan fingerprint density at radius 2 is 2.08 bits per heavy atom. The molecule has 1 aromatic rings. The molecule has 1 aromatic carbocycles. The van der Waals surface area contributed by atoms with E-state index in [1.807, 2.05) is 7.05 Å². The number of aliphatic hydroxyl groups is 1. The summed E-state index contributed by atoms with van der Waals surface area (Å²) in [5.74, 6) is 0.234. The topological polar surface area (TPSA) is 52.5 Å². The number of phenols is 1. The standard InChI is InChI=1S/C9H13NO2/c1-10-5-8-4-9(12)3-2-7(8)6-11/h2-4,10-12H,5-6H2,1H3. The second-order valence-electron chi connectivity index (χ2n) is 2.64. The van der Waals surface area contributed by atoms with E-state index in [0.717, 1.165) is 11.1 Å². The van der Waals surface area contributed by atoms with Gasteiger partial charge < -0.3 is 15.5 Å². The molecule has 0 spiro atoms. The van der Waals surface area contributed by atoms with Gasteiger partial charge in [0.25, 0.3) is 0 Å². The molecule has 0 aliphatic carbocycles. The molecule has 3 heteroatoms. The SMILES string of the molecule is CNCc1cc(O)ccc1CO. The Labute approximate surface area is 71.7 Å². The summed E-state index contributed by atoms with van der Waals surface area (Å²) in [5, 5.41) is 21.0. The zero-order valence-corrected chi connectivity index (χ0v) is 7.04. The Hall–Kier alpha value is -1.06. The molecular formula is C9H13NO2. The second-order valence-corrected chi connectivity index (χ2v) is 2.64. The lowest BCUT2D eigenvalue weighted by atomic mass is 10.1. The second kappa shape index (κ2) is 4.09. The monoisotopic (exact) mass is 167 g/mol. The molecule has 0 aliphatic rings. The van der Waals surface area contributed by atoms with E-state index in [0.29, 0.717) is 6.54 Å². The number of hydrogen-bond acceptors (Lipinski definition) is 3. The van der Waals surface area contributed by atoms with Gasteiger partial charge in [-0.15, -0.1) is 0 Å². The minimum Gasteiger partial charge on any atom is -0.508 e. The first-order valence-corrected chi connectivity index (χ1v) is 3.84. The number of aromatic hydroxyl groups is 1. The van der Waals surface area contributed by atoms with Crippen LogP contribution in [0.1, 0.15) is 11.1 Å². The molecule has 0 radical (unpaired) electrons. The minimum absolute atomic E-state index is 0.0112. The maximum atomic E-state index is 9.15. The highest BCUT2D eigenvalue weighted by Gasteiger charge is 2.00. The van der Waals surface area contributed by atoms with Crippen molar-refractivity contribution in [3.63, 3.8) is 0 Å². The highest BCUT2D eigenvalue weighted by atomic mass is 16.3. The fourth-order valence-electron chi connectivity index (χ4n) is 1.12. The third kappa shape index (κ3) is 1.96. The predicted octanol–water partition coefficient (Wildman–Crippen LogP) is 0.604. The van der Waals surface area contributed by atoms with Crippen molar-refractivity contribution in [2.45, 2.75) is 13.2 Å². The number of hydrogen-bond donors (Lipinski definition) is 3. The summed E-state index contributed by atoms with van der Waals surface area (Å²) < 4.78 is 0. The molecule has 12 heavy (non-hydrogen) atoms. The molecule has 3 nitrogen and oxygen atoms in total. The summed E-state index contributed by atoms with van der Waals surface area (Å²) in [7, 11) is 1.82. The van der Waals surface area contributed by atoms with E-state index in [2.05, 4.69) is 5.32 Å². The van der Waals surface area contributed by atoms with Gasteiger partial charge in [-0.1, -0.05) is 6.07 Å². The smallest absolute Gasteiger partial charge is 0.115 e. The fraction of sp³-hybridized carbons (Fsp3) is 0.333. The quantitative estimate of drug-likeness (QED) is 0.618. The Bertz CT molecular complexity index is 261. The molecule has 1 rings (SSSR count). The lowest BCUT2D eigenvalue weighted by Crippen LogP contribution is -2.07. The van der Waals surface area contributed by atoms with E-state index in [9.17, 15) is 0 Å². The van der Waals surface area contributed by atoms with Crippen molar-refractivity contribution >= 4 is 0 Å². The molecule has 0 heterocycles. The van der Waals surface area contributed by atoms with E-state index in [1.54, 1.807) is 18.2 Å². The van der Waals surface area contributed by atoms with E-state index in [1.165, 1.54) is 0 Å².